The number of carbonyl (C=O) groups is 1. The molecule has 3 nitrogen and oxygen atoms in total. The molecule has 0 bridgehead atoms. The number of rotatable bonds is 2. The van der Waals surface area contributed by atoms with Crippen LogP contribution < -0.4 is 0 Å². The lowest BCUT2D eigenvalue weighted by Gasteiger charge is -2.27. The quantitative estimate of drug-likeness (QED) is 0.721. The minimum absolute atomic E-state index is 0.568. The van der Waals surface area contributed by atoms with Gasteiger partial charge in [-0.1, -0.05) is 0 Å². The Hall–Kier alpha value is -0.740. The molecule has 1 saturated heterocycles. The molecule has 0 radical (unpaired) electrons. The van der Waals surface area contributed by atoms with Gasteiger partial charge in [0, 0.05) is 5.92 Å². The van der Waals surface area contributed by atoms with E-state index in [-0.39, 0.29) is 0 Å². The lowest BCUT2D eigenvalue weighted by molar-refractivity contribution is 0.112. The monoisotopic (exact) mass is 224 g/mol. The Morgan fingerprint density at radius 3 is 2.67 bits per heavy atom. The Balaban J connectivity index is 2.12. The van der Waals surface area contributed by atoms with Crippen molar-refractivity contribution in [3.05, 3.63) is 15.6 Å². The number of nitrogens with zero attached hydrogens (tertiary/aromatic N) is 2. The van der Waals surface area contributed by atoms with Gasteiger partial charge in [-0.25, -0.2) is 4.98 Å². The van der Waals surface area contributed by atoms with Crippen molar-refractivity contribution in [2.24, 2.45) is 0 Å². The van der Waals surface area contributed by atoms with Crippen molar-refractivity contribution in [1.82, 2.24) is 9.88 Å². The van der Waals surface area contributed by atoms with Gasteiger partial charge in [-0.3, -0.25) is 4.79 Å². The van der Waals surface area contributed by atoms with Gasteiger partial charge in [0.2, 0.25) is 0 Å². The molecule has 0 N–H and O–H groups in total. The first-order valence-electron chi connectivity index (χ1n) is 5.31. The van der Waals surface area contributed by atoms with E-state index in [1.165, 1.54) is 12.8 Å². The Labute approximate surface area is 94.1 Å². The fraction of sp³-hybridized carbons (Fsp3) is 0.636. The molecule has 0 unspecified atom stereocenters. The predicted octanol–water partition coefficient (Wildman–Crippen LogP) is 2.07. The van der Waals surface area contributed by atoms with Crippen LogP contribution >= 0.6 is 11.3 Å². The largest absolute Gasteiger partial charge is 0.306 e. The number of aromatic nitrogens is 1. The highest BCUT2D eigenvalue weighted by Crippen LogP contribution is 2.31. The van der Waals surface area contributed by atoms with Crippen LogP contribution in [-0.4, -0.2) is 36.3 Å². The molecule has 1 fully saturated rings. The summed E-state index contributed by atoms with van der Waals surface area (Å²) < 4.78 is 0. The Kier molecular flexibility index (Phi) is 3.17. The molecule has 0 saturated carbocycles. The summed E-state index contributed by atoms with van der Waals surface area (Å²) in [5.41, 5.74) is 0.893. The van der Waals surface area contributed by atoms with Crippen LogP contribution in [0.5, 0.6) is 0 Å². The van der Waals surface area contributed by atoms with E-state index in [9.17, 15) is 4.79 Å². The third kappa shape index (κ3) is 2.26. The molecule has 1 aliphatic rings. The lowest BCUT2D eigenvalue weighted by atomic mass is 9.98. The molecule has 0 amide bonds. The molecule has 1 aromatic rings. The standard InChI is InChI=1S/C11H16N2OS/c1-8-10(7-14)15-11(12-8)9-3-5-13(2)6-4-9/h7,9H,3-6H2,1-2H3. The summed E-state index contributed by atoms with van der Waals surface area (Å²) >= 11 is 1.57. The van der Waals surface area contributed by atoms with Gasteiger partial charge in [0.25, 0.3) is 0 Å². The van der Waals surface area contributed by atoms with Crippen molar-refractivity contribution in [2.75, 3.05) is 20.1 Å². The van der Waals surface area contributed by atoms with Crippen LogP contribution in [0.1, 0.15) is 39.1 Å². The number of likely N-dealkylation sites (tertiary alicyclic amines) is 1. The Morgan fingerprint density at radius 2 is 2.13 bits per heavy atom. The maximum absolute atomic E-state index is 10.7. The van der Waals surface area contributed by atoms with Crippen LogP contribution in [0.15, 0.2) is 0 Å². The first kappa shape index (κ1) is 10.8. The molecule has 15 heavy (non-hydrogen) atoms. The molecule has 1 aromatic heterocycles. The van der Waals surface area contributed by atoms with E-state index < -0.39 is 0 Å². The molecule has 4 heteroatoms. The van der Waals surface area contributed by atoms with Gasteiger partial charge in [0.05, 0.1) is 15.6 Å². The second kappa shape index (κ2) is 4.41. The average Bonchev–Trinajstić information content (AvgIpc) is 2.61. The normalized spacial score (nSPS) is 19.3. The summed E-state index contributed by atoms with van der Waals surface area (Å²) in [5, 5.41) is 1.16. The molecule has 82 valence electrons. The molecular formula is C11H16N2OS. The van der Waals surface area contributed by atoms with Crippen molar-refractivity contribution >= 4 is 17.6 Å². The number of thiazole rings is 1. The highest BCUT2D eigenvalue weighted by atomic mass is 32.1. The smallest absolute Gasteiger partial charge is 0.161 e. The summed E-state index contributed by atoms with van der Waals surface area (Å²) in [4.78, 5) is 18.4. The number of aryl methyl sites for hydroxylation is 1. The fourth-order valence-electron chi connectivity index (χ4n) is 1.97. The van der Waals surface area contributed by atoms with Gasteiger partial charge < -0.3 is 4.90 Å². The van der Waals surface area contributed by atoms with Gasteiger partial charge >= 0.3 is 0 Å². The van der Waals surface area contributed by atoms with E-state index >= 15 is 0 Å². The summed E-state index contributed by atoms with van der Waals surface area (Å²) in [6.07, 6.45) is 3.26. The van der Waals surface area contributed by atoms with Crippen molar-refractivity contribution in [3.8, 4) is 0 Å². The molecule has 0 spiro atoms. The first-order chi connectivity index (χ1) is 7.20. The van der Waals surface area contributed by atoms with E-state index in [1.54, 1.807) is 11.3 Å². The second-order valence-corrected chi connectivity index (χ2v) is 5.26. The zero-order chi connectivity index (χ0) is 10.8. The summed E-state index contributed by atoms with van der Waals surface area (Å²) in [7, 11) is 2.15. The fourth-order valence-corrected chi connectivity index (χ4v) is 3.02. The van der Waals surface area contributed by atoms with Crippen molar-refractivity contribution < 1.29 is 4.79 Å². The molecule has 2 heterocycles. The summed E-state index contributed by atoms with van der Waals surface area (Å²) in [5.74, 6) is 0.568. The van der Waals surface area contributed by atoms with Gasteiger partial charge in [-0.05, 0) is 39.9 Å². The number of carbonyl (C=O) groups excluding carboxylic acids is 1. The number of piperidine rings is 1. The number of hydrogen-bond donors (Lipinski definition) is 0. The van der Waals surface area contributed by atoms with Crippen LogP contribution in [0.4, 0.5) is 0 Å². The number of hydrogen-bond acceptors (Lipinski definition) is 4. The van der Waals surface area contributed by atoms with E-state index in [0.717, 1.165) is 35.0 Å². The van der Waals surface area contributed by atoms with Gasteiger partial charge in [0.1, 0.15) is 0 Å². The summed E-state index contributed by atoms with van der Waals surface area (Å²) in [6.45, 7) is 4.19. The van der Waals surface area contributed by atoms with Crippen molar-refractivity contribution in [1.29, 1.82) is 0 Å². The molecule has 0 atom stereocenters. The topological polar surface area (TPSA) is 33.2 Å². The summed E-state index contributed by atoms with van der Waals surface area (Å²) in [6, 6.07) is 0. The predicted molar refractivity (Wildman–Crippen MR) is 61.7 cm³/mol. The second-order valence-electron chi connectivity index (χ2n) is 4.20. The third-order valence-electron chi connectivity index (χ3n) is 3.02. The maximum atomic E-state index is 10.7. The zero-order valence-electron chi connectivity index (χ0n) is 9.19. The number of aldehydes is 1. The lowest BCUT2D eigenvalue weighted by Crippen LogP contribution is -2.29. The van der Waals surface area contributed by atoms with Gasteiger partial charge in [0.15, 0.2) is 6.29 Å². The maximum Gasteiger partial charge on any atom is 0.161 e. The Bertz CT molecular complexity index is 353. The molecule has 2 rings (SSSR count). The minimum Gasteiger partial charge on any atom is -0.306 e. The van der Waals surface area contributed by atoms with Crippen LogP contribution in [0.2, 0.25) is 0 Å². The van der Waals surface area contributed by atoms with Gasteiger partial charge in [-0.2, -0.15) is 0 Å². The zero-order valence-corrected chi connectivity index (χ0v) is 10.0. The van der Waals surface area contributed by atoms with Crippen molar-refractivity contribution in [2.45, 2.75) is 25.7 Å². The SMILES string of the molecule is Cc1nc(C2CCN(C)CC2)sc1C=O. The van der Waals surface area contributed by atoms with E-state index in [4.69, 9.17) is 0 Å². The molecule has 1 aliphatic heterocycles. The van der Waals surface area contributed by atoms with E-state index in [1.807, 2.05) is 6.92 Å². The average molecular weight is 224 g/mol. The van der Waals surface area contributed by atoms with Crippen LogP contribution in [0.3, 0.4) is 0 Å². The van der Waals surface area contributed by atoms with Crippen LogP contribution in [0.25, 0.3) is 0 Å². The van der Waals surface area contributed by atoms with Gasteiger partial charge in [-0.15, -0.1) is 11.3 Å². The van der Waals surface area contributed by atoms with Crippen molar-refractivity contribution in [3.63, 3.8) is 0 Å². The highest BCUT2D eigenvalue weighted by Gasteiger charge is 2.21. The molecule has 0 aliphatic carbocycles. The minimum atomic E-state index is 0.568. The molecule has 0 aromatic carbocycles. The first-order valence-corrected chi connectivity index (χ1v) is 6.13. The van der Waals surface area contributed by atoms with E-state index in [2.05, 4.69) is 16.9 Å². The van der Waals surface area contributed by atoms with Crippen LogP contribution in [-0.2, 0) is 0 Å². The highest BCUT2D eigenvalue weighted by molar-refractivity contribution is 7.13. The Morgan fingerprint density at radius 1 is 1.47 bits per heavy atom. The van der Waals surface area contributed by atoms with E-state index in [0.29, 0.717) is 5.92 Å². The van der Waals surface area contributed by atoms with Crippen LogP contribution in [0, 0.1) is 6.92 Å². The molecular weight excluding hydrogens is 208 g/mol. The third-order valence-corrected chi connectivity index (χ3v) is 4.27.